The van der Waals surface area contributed by atoms with Crippen LogP contribution in [-0.4, -0.2) is 45.1 Å². The van der Waals surface area contributed by atoms with E-state index in [1.165, 1.54) is 4.90 Å². The van der Waals surface area contributed by atoms with E-state index in [1.54, 1.807) is 37.8 Å². The lowest BCUT2D eigenvalue weighted by Gasteiger charge is -2.25. The van der Waals surface area contributed by atoms with Gasteiger partial charge in [0.2, 0.25) is 0 Å². The van der Waals surface area contributed by atoms with Gasteiger partial charge in [-0.15, -0.1) is 0 Å². The van der Waals surface area contributed by atoms with E-state index in [9.17, 15) is 9.18 Å². The third kappa shape index (κ3) is 4.07. The Morgan fingerprint density at radius 1 is 1.60 bits per heavy atom. The van der Waals surface area contributed by atoms with Crippen LogP contribution >= 0.6 is 22.6 Å². The van der Waals surface area contributed by atoms with Gasteiger partial charge in [0.05, 0.1) is 22.9 Å². The normalized spacial score (nSPS) is 23.1. The summed E-state index contributed by atoms with van der Waals surface area (Å²) in [5.74, 6) is 0. The van der Waals surface area contributed by atoms with Crippen molar-refractivity contribution >= 4 is 28.7 Å². The Labute approximate surface area is 131 Å². The number of aromatic nitrogens is 2. The molecule has 20 heavy (non-hydrogen) atoms. The quantitative estimate of drug-likeness (QED) is 0.724. The van der Waals surface area contributed by atoms with Crippen LogP contribution in [0.2, 0.25) is 0 Å². The molecular weight excluding hydrogens is 376 g/mol. The van der Waals surface area contributed by atoms with Gasteiger partial charge in [-0.1, -0.05) is 0 Å². The lowest BCUT2D eigenvalue weighted by Crippen LogP contribution is -2.39. The lowest BCUT2D eigenvalue weighted by atomic mass is 10.1. The minimum absolute atomic E-state index is 0.0539. The second kappa shape index (κ2) is 5.50. The van der Waals surface area contributed by atoms with Crippen LogP contribution in [0.5, 0.6) is 0 Å². The second-order valence-electron chi connectivity index (χ2n) is 6.16. The van der Waals surface area contributed by atoms with Gasteiger partial charge in [-0.2, -0.15) is 5.10 Å². The minimum Gasteiger partial charge on any atom is -0.444 e. The highest BCUT2D eigenvalue weighted by atomic mass is 127. The third-order valence-corrected chi connectivity index (χ3v) is 3.56. The van der Waals surface area contributed by atoms with Gasteiger partial charge in [0.25, 0.3) is 0 Å². The van der Waals surface area contributed by atoms with Crippen molar-refractivity contribution in [3.63, 3.8) is 0 Å². The van der Waals surface area contributed by atoms with E-state index in [1.807, 2.05) is 0 Å². The van der Waals surface area contributed by atoms with Gasteiger partial charge >= 0.3 is 6.09 Å². The van der Waals surface area contributed by atoms with Crippen molar-refractivity contribution in [2.75, 3.05) is 13.1 Å². The minimum atomic E-state index is -1.44. The molecule has 5 nitrogen and oxygen atoms in total. The molecule has 1 fully saturated rings. The molecule has 1 atom stereocenters. The largest absolute Gasteiger partial charge is 0.444 e. The number of carbonyl (C=O) groups excluding carboxylic acids is 1. The molecule has 1 unspecified atom stereocenters. The summed E-state index contributed by atoms with van der Waals surface area (Å²) in [6.07, 6.45) is 3.33. The predicted molar refractivity (Wildman–Crippen MR) is 81.2 cm³/mol. The first-order valence-electron chi connectivity index (χ1n) is 6.52. The Balaban J connectivity index is 1.95. The number of carbonyl (C=O) groups is 1. The van der Waals surface area contributed by atoms with E-state index in [-0.39, 0.29) is 13.1 Å². The van der Waals surface area contributed by atoms with Crippen molar-refractivity contribution < 1.29 is 13.9 Å². The first-order valence-corrected chi connectivity index (χ1v) is 7.60. The highest BCUT2D eigenvalue weighted by Gasteiger charge is 2.42. The van der Waals surface area contributed by atoms with Gasteiger partial charge < -0.3 is 9.64 Å². The first-order chi connectivity index (χ1) is 9.17. The van der Waals surface area contributed by atoms with Crippen molar-refractivity contribution in [3.05, 3.63) is 16.0 Å². The van der Waals surface area contributed by atoms with Crippen molar-refractivity contribution in [1.29, 1.82) is 0 Å². The number of likely N-dealkylation sites (tertiary alicyclic amines) is 1. The molecule has 0 N–H and O–H groups in total. The van der Waals surface area contributed by atoms with Crippen molar-refractivity contribution in [1.82, 2.24) is 14.7 Å². The number of halogens is 2. The van der Waals surface area contributed by atoms with Gasteiger partial charge in [0.15, 0.2) is 0 Å². The van der Waals surface area contributed by atoms with Gasteiger partial charge in [0.1, 0.15) is 11.3 Å². The summed E-state index contributed by atoms with van der Waals surface area (Å²) in [7, 11) is 0. The Bertz CT molecular complexity index is 500. The Morgan fingerprint density at radius 3 is 2.85 bits per heavy atom. The van der Waals surface area contributed by atoms with E-state index < -0.39 is 17.4 Å². The first kappa shape index (κ1) is 15.5. The SMILES string of the molecule is CC(C)(C)OC(=O)N1CCC(F)(Cn2cc(I)cn2)C1. The summed E-state index contributed by atoms with van der Waals surface area (Å²) >= 11 is 2.13. The van der Waals surface area contributed by atoms with Crippen molar-refractivity contribution in [3.8, 4) is 0 Å². The zero-order chi connectivity index (χ0) is 15.0. The third-order valence-electron chi connectivity index (χ3n) is 3.00. The summed E-state index contributed by atoms with van der Waals surface area (Å²) in [6, 6.07) is 0. The zero-order valence-corrected chi connectivity index (χ0v) is 14.1. The number of alkyl halides is 1. The molecule has 7 heteroatoms. The van der Waals surface area contributed by atoms with E-state index in [2.05, 4.69) is 27.7 Å². The van der Waals surface area contributed by atoms with Gasteiger partial charge in [-0.25, -0.2) is 9.18 Å². The monoisotopic (exact) mass is 395 g/mol. The topological polar surface area (TPSA) is 47.4 Å². The highest BCUT2D eigenvalue weighted by molar-refractivity contribution is 14.1. The molecule has 112 valence electrons. The van der Waals surface area contributed by atoms with Crippen LogP contribution in [0.15, 0.2) is 12.4 Å². The molecule has 0 saturated carbocycles. The second-order valence-corrected chi connectivity index (χ2v) is 7.40. The van der Waals surface area contributed by atoms with Crippen LogP contribution < -0.4 is 0 Å². The predicted octanol–water partition coefficient (Wildman–Crippen LogP) is 2.84. The molecule has 0 bridgehead atoms. The maximum Gasteiger partial charge on any atom is 0.410 e. The number of ether oxygens (including phenoxy) is 1. The molecule has 1 amide bonds. The van der Waals surface area contributed by atoms with Crippen LogP contribution in [0.4, 0.5) is 9.18 Å². The zero-order valence-electron chi connectivity index (χ0n) is 11.9. The van der Waals surface area contributed by atoms with Crippen LogP contribution in [-0.2, 0) is 11.3 Å². The molecule has 0 spiro atoms. The molecular formula is C13H19FIN3O2. The fourth-order valence-electron chi connectivity index (χ4n) is 2.16. The maximum absolute atomic E-state index is 14.7. The summed E-state index contributed by atoms with van der Waals surface area (Å²) in [4.78, 5) is 13.3. The fraction of sp³-hybridized carbons (Fsp3) is 0.692. The van der Waals surface area contributed by atoms with Gasteiger partial charge in [0, 0.05) is 19.2 Å². The average Bonchev–Trinajstić information content (AvgIpc) is 2.84. The van der Waals surface area contributed by atoms with Crippen LogP contribution in [0.1, 0.15) is 27.2 Å². The summed E-state index contributed by atoms with van der Waals surface area (Å²) in [5, 5.41) is 4.09. The molecule has 1 aliphatic rings. The van der Waals surface area contributed by atoms with E-state index in [0.717, 1.165) is 3.57 Å². The fourth-order valence-corrected chi connectivity index (χ4v) is 2.61. The van der Waals surface area contributed by atoms with Crippen LogP contribution in [0.25, 0.3) is 0 Å². The molecule has 1 aromatic heterocycles. The molecule has 0 aliphatic carbocycles. The highest BCUT2D eigenvalue weighted by Crippen LogP contribution is 2.28. The Morgan fingerprint density at radius 2 is 2.30 bits per heavy atom. The average molecular weight is 395 g/mol. The van der Waals surface area contributed by atoms with E-state index >= 15 is 0 Å². The number of amides is 1. The molecule has 1 saturated heterocycles. The van der Waals surface area contributed by atoms with Crippen LogP contribution in [0.3, 0.4) is 0 Å². The maximum atomic E-state index is 14.7. The van der Waals surface area contributed by atoms with Crippen molar-refractivity contribution in [2.45, 2.75) is 45.0 Å². The number of rotatable bonds is 2. The molecule has 1 aliphatic heterocycles. The standard InChI is InChI=1S/C13H19FIN3O2/c1-12(2,3)20-11(19)17-5-4-13(14,8-17)9-18-7-10(15)6-16-18/h6-7H,4-5,8-9H2,1-3H3. The van der Waals surface area contributed by atoms with E-state index in [0.29, 0.717) is 13.0 Å². The smallest absolute Gasteiger partial charge is 0.410 e. The molecule has 0 radical (unpaired) electrons. The summed E-state index contributed by atoms with van der Waals surface area (Å²) in [6.45, 7) is 6.00. The molecule has 2 rings (SSSR count). The Hall–Kier alpha value is -0.860. The molecule has 1 aromatic rings. The number of hydrogen-bond acceptors (Lipinski definition) is 3. The van der Waals surface area contributed by atoms with E-state index in [4.69, 9.17) is 4.74 Å². The van der Waals surface area contributed by atoms with Gasteiger partial charge in [-0.05, 0) is 43.4 Å². The summed E-state index contributed by atoms with van der Waals surface area (Å²) < 4.78 is 22.6. The van der Waals surface area contributed by atoms with Gasteiger partial charge in [-0.3, -0.25) is 4.68 Å². The summed E-state index contributed by atoms with van der Waals surface area (Å²) in [5.41, 5.74) is -2.00. The Kier molecular flexibility index (Phi) is 4.27. The lowest BCUT2D eigenvalue weighted by molar-refractivity contribution is 0.0249. The molecule has 2 heterocycles. The van der Waals surface area contributed by atoms with Crippen molar-refractivity contribution in [2.24, 2.45) is 0 Å². The number of nitrogens with zero attached hydrogens (tertiary/aromatic N) is 3. The number of hydrogen-bond donors (Lipinski definition) is 0. The van der Waals surface area contributed by atoms with Crippen LogP contribution in [0, 0.1) is 3.57 Å². The molecule has 0 aromatic carbocycles.